The number of benzene rings is 1. The number of nitro groups is 1. The molecule has 1 aliphatic rings. The third-order valence-electron chi connectivity index (χ3n) is 4.51. The van der Waals surface area contributed by atoms with Gasteiger partial charge in [0.25, 0.3) is 17.2 Å². The molecule has 1 aromatic heterocycles. The predicted molar refractivity (Wildman–Crippen MR) is 100 cm³/mol. The minimum atomic E-state index is -0.395. The van der Waals surface area contributed by atoms with Crippen LogP contribution in [-0.2, 0) is 6.54 Å². The molecule has 142 valence electrons. The maximum Gasteiger partial charge on any atom is 0.292 e. The molecule has 0 radical (unpaired) electrons. The number of anilines is 1. The van der Waals surface area contributed by atoms with Gasteiger partial charge in [-0.25, -0.2) is 4.68 Å². The number of nitrogens with zero attached hydrogens (tertiary/aromatic N) is 5. The first-order valence-electron chi connectivity index (χ1n) is 8.87. The highest BCUT2D eigenvalue weighted by Crippen LogP contribution is 2.28. The van der Waals surface area contributed by atoms with Crippen LogP contribution in [0.25, 0.3) is 0 Å². The van der Waals surface area contributed by atoms with Crippen molar-refractivity contribution in [1.82, 2.24) is 14.7 Å². The van der Waals surface area contributed by atoms with Crippen LogP contribution in [0.4, 0.5) is 11.4 Å². The van der Waals surface area contributed by atoms with E-state index in [0.717, 1.165) is 6.42 Å². The third kappa shape index (κ3) is 3.97. The lowest BCUT2D eigenvalue weighted by Gasteiger charge is -2.35. The number of hydrogen-bond donors (Lipinski definition) is 0. The molecule has 3 rings (SSSR count). The SMILES string of the molecule is CCCn1nc(C(=O)N2CCN(c3ccccc3[N+](=O)[O-])CC2)ccc1=O. The number of aryl methyl sites for hydroxylation is 1. The van der Waals surface area contributed by atoms with Crippen LogP contribution in [0.15, 0.2) is 41.2 Å². The molecule has 9 nitrogen and oxygen atoms in total. The van der Waals surface area contributed by atoms with Crippen molar-refractivity contribution in [3.63, 3.8) is 0 Å². The van der Waals surface area contributed by atoms with Gasteiger partial charge in [-0.05, 0) is 18.6 Å². The smallest absolute Gasteiger partial charge is 0.292 e. The fraction of sp³-hybridized carbons (Fsp3) is 0.389. The lowest BCUT2D eigenvalue weighted by atomic mass is 10.2. The highest BCUT2D eigenvalue weighted by molar-refractivity contribution is 5.92. The van der Waals surface area contributed by atoms with Crippen LogP contribution in [0, 0.1) is 10.1 Å². The van der Waals surface area contributed by atoms with Gasteiger partial charge in [0.1, 0.15) is 11.4 Å². The number of hydrogen-bond acceptors (Lipinski definition) is 6. The van der Waals surface area contributed by atoms with Gasteiger partial charge in [0.15, 0.2) is 0 Å². The highest BCUT2D eigenvalue weighted by atomic mass is 16.6. The number of para-hydroxylation sites is 2. The molecule has 0 bridgehead atoms. The Labute approximate surface area is 156 Å². The van der Waals surface area contributed by atoms with Gasteiger partial charge in [-0.15, -0.1) is 0 Å². The van der Waals surface area contributed by atoms with Gasteiger partial charge in [-0.3, -0.25) is 19.7 Å². The van der Waals surface area contributed by atoms with E-state index in [1.54, 1.807) is 23.1 Å². The second kappa shape index (κ2) is 7.98. The molecule has 1 saturated heterocycles. The summed E-state index contributed by atoms with van der Waals surface area (Å²) in [5.41, 5.74) is 0.631. The molecule has 0 atom stereocenters. The second-order valence-electron chi connectivity index (χ2n) is 6.31. The molecule has 27 heavy (non-hydrogen) atoms. The largest absolute Gasteiger partial charge is 0.362 e. The number of piperazine rings is 1. The van der Waals surface area contributed by atoms with Gasteiger partial charge in [-0.1, -0.05) is 19.1 Å². The van der Waals surface area contributed by atoms with Gasteiger partial charge < -0.3 is 9.80 Å². The molecule has 1 fully saturated rings. The monoisotopic (exact) mass is 371 g/mol. The molecule has 2 aromatic rings. The molecule has 0 aliphatic carbocycles. The van der Waals surface area contributed by atoms with Crippen molar-refractivity contribution in [2.75, 3.05) is 31.1 Å². The summed E-state index contributed by atoms with van der Waals surface area (Å²) in [5, 5.41) is 15.4. The van der Waals surface area contributed by atoms with Crippen LogP contribution in [0.2, 0.25) is 0 Å². The van der Waals surface area contributed by atoms with E-state index in [1.807, 2.05) is 11.8 Å². The van der Waals surface area contributed by atoms with E-state index in [0.29, 0.717) is 38.4 Å². The van der Waals surface area contributed by atoms with E-state index >= 15 is 0 Å². The Balaban J connectivity index is 1.71. The zero-order chi connectivity index (χ0) is 19.4. The van der Waals surface area contributed by atoms with Crippen molar-refractivity contribution >= 4 is 17.3 Å². The molecule has 0 N–H and O–H groups in total. The van der Waals surface area contributed by atoms with Gasteiger partial charge >= 0.3 is 0 Å². The molecule has 1 aliphatic heterocycles. The first kappa shape index (κ1) is 18.6. The zero-order valence-corrected chi connectivity index (χ0v) is 15.1. The number of carbonyl (C=O) groups is 1. The van der Waals surface area contributed by atoms with Crippen molar-refractivity contribution < 1.29 is 9.72 Å². The molecule has 9 heteroatoms. The topological polar surface area (TPSA) is 102 Å². The molecule has 0 unspecified atom stereocenters. The Kier molecular flexibility index (Phi) is 5.49. The molecule has 0 saturated carbocycles. The van der Waals surface area contributed by atoms with Crippen LogP contribution >= 0.6 is 0 Å². The Hall–Kier alpha value is -3.23. The molecule has 1 aromatic carbocycles. The number of rotatable bonds is 5. The van der Waals surface area contributed by atoms with E-state index in [4.69, 9.17) is 0 Å². The lowest BCUT2D eigenvalue weighted by molar-refractivity contribution is -0.384. The van der Waals surface area contributed by atoms with Crippen molar-refractivity contribution in [3.05, 3.63) is 62.6 Å². The van der Waals surface area contributed by atoms with Gasteiger partial charge in [-0.2, -0.15) is 5.10 Å². The summed E-state index contributed by atoms with van der Waals surface area (Å²) >= 11 is 0. The number of aromatic nitrogens is 2. The van der Waals surface area contributed by atoms with E-state index < -0.39 is 4.92 Å². The maximum absolute atomic E-state index is 12.7. The second-order valence-corrected chi connectivity index (χ2v) is 6.31. The average molecular weight is 371 g/mol. The molecule has 2 heterocycles. The Morgan fingerprint density at radius 2 is 1.85 bits per heavy atom. The van der Waals surface area contributed by atoms with Gasteiger partial charge in [0.2, 0.25) is 0 Å². The fourth-order valence-electron chi connectivity index (χ4n) is 3.13. The number of carbonyl (C=O) groups excluding carboxylic acids is 1. The summed E-state index contributed by atoms with van der Waals surface area (Å²) in [5.74, 6) is -0.234. The van der Waals surface area contributed by atoms with E-state index in [2.05, 4.69) is 5.10 Å². The van der Waals surface area contributed by atoms with Gasteiger partial charge in [0, 0.05) is 44.9 Å². The molecule has 0 spiro atoms. The van der Waals surface area contributed by atoms with Crippen LogP contribution in [-0.4, -0.2) is 51.7 Å². The summed E-state index contributed by atoms with van der Waals surface area (Å²) < 4.78 is 1.30. The van der Waals surface area contributed by atoms with Crippen molar-refractivity contribution in [3.8, 4) is 0 Å². The normalized spacial score (nSPS) is 14.3. The standard InChI is InChI=1S/C18H21N5O4/c1-2-9-22-17(24)8-7-14(19-22)18(25)21-12-10-20(11-13-21)15-5-3-4-6-16(15)23(26)27/h3-8H,2,9-13H2,1H3. The minimum Gasteiger partial charge on any atom is -0.362 e. The highest BCUT2D eigenvalue weighted by Gasteiger charge is 2.26. The molecule has 1 amide bonds. The Bertz CT molecular complexity index is 903. The summed E-state index contributed by atoms with van der Waals surface area (Å²) in [7, 11) is 0. The summed E-state index contributed by atoms with van der Waals surface area (Å²) in [4.78, 5) is 38.9. The van der Waals surface area contributed by atoms with E-state index in [9.17, 15) is 19.7 Å². The summed E-state index contributed by atoms with van der Waals surface area (Å²) in [6.45, 7) is 4.24. The first-order valence-corrected chi connectivity index (χ1v) is 8.87. The van der Waals surface area contributed by atoms with Crippen molar-refractivity contribution in [1.29, 1.82) is 0 Å². The van der Waals surface area contributed by atoms with Gasteiger partial charge in [0.05, 0.1) is 4.92 Å². The van der Waals surface area contributed by atoms with Crippen LogP contribution in [0.1, 0.15) is 23.8 Å². The Morgan fingerprint density at radius 3 is 2.52 bits per heavy atom. The van der Waals surface area contributed by atoms with Crippen LogP contribution in [0.5, 0.6) is 0 Å². The Morgan fingerprint density at radius 1 is 1.15 bits per heavy atom. The summed E-state index contributed by atoms with van der Waals surface area (Å²) in [6.07, 6.45) is 0.749. The third-order valence-corrected chi connectivity index (χ3v) is 4.51. The van der Waals surface area contributed by atoms with Crippen molar-refractivity contribution in [2.24, 2.45) is 0 Å². The number of nitro benzene ring substituents is 1. The first-order chi connectivity index (χ1) is 13.0. The van der Waals surface area contributed by atoms with E-state index in [-0.39, 0.29) is 22.8 Å². The average Bonchev–Trinajstić information content (AvgIpc) is 2.69. The fourth-order valence-corrected chi connectivity index (χ4v) is 3.13. The van der Waals surface area contributed by atoms with Crippen LogP contribution < -0.4 is 10.5 Å². The van der Waals surface area contributed by atoms with Crippen molar-refractivity contribution in [2.45, 2.75) is 19.9 Å². The summed E-state index contributed by atoms with van der Waals surface area (Å²) in [6, 6.07) is 9.41. The molecular weight excluding hydrogens is 350 g/mol. The quantitative estimate of drug-likeness (QED) is 0.583. The zero-order valence-electron chi connectivity index (χ0n) is 15.1. The number of amides is 1. The van der Waals surface area contributed by atoms with E-state index in [1.165, 1.54) is 22.9 Å². The maximum atomic E-state index is 12.7. The van der Waals surface area contributed by atoms with Crippen LogP contribution in [0.3, 0.4) is 0 Å². The lowest BCUT2D eigenvalue weighted by Crippen LogP contribution is -2.49. The predicted octanol–water partition coefficient (Wildman–Crippen LogP) is 1.52. The minimum absolute atomic E-state index is 0.0607. The molecular formula is C18H21N5O4.